The molecule has 0 aliphatic rings. The fourth-order valence-electron chi connectivity index (χ4n) is 1.17. The average molecular weight is 239 g/mol. The third kappa shape index (κ3) is 3.44. The van der Waals surface area contributed by atoms with Crippen LogP contribution >= 0.6 is 0 Å². The zero-order chi connectivity index (χ0) is 13.0. The molecule has 0 radical (unpaired) electrons. The fraction of sp³-hybridized carbons (Fsp3) is 0.364. The Balaban J connectivity index is 3.04. The number of aromatic carboxylic acids is 1. The van der Waals surface area contributed by atoms with Gasteiger partial charge in [0, 0.05) is 6.07 Å². The maximum Gasteiger partial charge on any atom is 0.335 e. The molecule has 0 aliphatic carbocycles. The minimum atomic E-state index is -1.21. The van der Waals surface area contributed by atoms with Crippen molar-refractivity contribution in [2.24, 2.45) is 5.92 Å². The molecule has 17 heavy (non-hydrogen) atoms. The molecule has 6 nitrogen and oxygen atoms in total. The van der Waals surface area contributed by atoms with Gasteiger partial charge in [-0.25, -0.2) is 4.79 Å². The molecule has 0 unspecified atom stereocenters. The molecule has 0 amide bonds. The van der Waals surface area contributed by atoms with Crippen LogP contribution in [0.4, 0.5) is 5.69 Å². The van der Waals surface area contributed by atoms with E-state index in [1.807, 2.05) is 13.8 Å². The second kappa shape index (κ2) is 5.29. The van der Waals surface area contributed by atoms with Crippen LogP contribution in [0.15, 0.2) is 18.2 Å². The number of hydrogen-bond acceptors (Lipinski definition) is 4. The number of carboxylic acid groups (broad SMARTS) is 1. The number of nitrogens with zero attached hydrogens (tertiary/aromatic N) is 1. The summed E-state index contributed by atoms with van der Waals surface area (Å²) >= 11 is 0. The lowest BCUT2D eigenvalue weighted by atomic mass is 10.2. The van der Waals surface area contributed by atoms with Crippen LogP contribution in [0.3, 0.4) is 0 Å². The molecule has 0 aromatic heterocycles. The largest absolute Gasteiger partial charge is 0.487 e. The summed E-state index contributed by atoms with van der Waals surface area (Å²) in [5, 5.41) is 19.5. The monoisotopic (exact) mass is 239 g/mol. The molecule has 92 valence electrons. The van der Waals surface area contributed by atoms with E-state index in [9.17, 15) is 14.9 Å². The number of hydrogen-bond donors (Lipinski definition) is 1. The molecule has 0 saturated heterocycles. The Morgan fingerprint density at radius 2 is 2.18 bits per heavy atom. The normalized spacial score (nSPS) is 10.3. The van der Waals surface area contributed by atoms with E-state index >= 15 is 0 Å². The second-order valence-electron chi connectivity index (χ2n) is 3.95. The molecular weight excluding hydrogens is 226 g/mol. The van der Waals surface area contributed by atoms with E-state index in [2.05, 4.69) is 0 Å². The van der Waals surface area contributed by atoms with Crippen molar-refractivity contribution < 1.29 is 19.6 Å². The summed E-state index contributed by atoms with van der Waals surface area (Å²) in [5.74, 6) is -0.883. The highest BCUT2D eigenvalue weighted by Crippen LogP contribution is 2.28. The standard InChI is InChI=1S/C11H13NO5/c1-7(2)6-17-10-4-3-8(11(13)14)5-9(10)12(15)16/h3-5,7H,6H2,1-2H3,(H,13,14). The Morgan fingerprint density at radius 1 is 1.53 bits per heavy atom. The lowest BCUT2D eigenvalue weighted by Gasteiger charge is -2.09. The molecule has 0 aliphatic heterocycles. The summed E-state index contributed by atoms with van der Waals surface area (Å²) in [6.07, 6.45) is 0. The van der Waals surface area contributed by atoms with E-state index in [1.54, 1.807) is 0 Å². The van der Waals surface area contributed by atoms with Gasteiger partial charge in [0.15, 0.2) is 5.75 Å². The molecule has 1 aromatic rings. The van der Waals surface area contributed by atoms with E-state index in [1.165, 1.54) is 12.1 Å². The van der Waals surface area contributed by atoms with Gasteiger partial charge >= 0.3 is 11.7 Å². The van der Waals surface area contributed by atoms with Crippen molar-refractivity contribution in [2.75, 3.05) is 6.61 Å². The Bertz CT molecular complexity index is 441. The molecular formula is C11H13NO5. The zero-order valence-electron chi connectivity index (χ0n) is 9.54. The molecule has 0 fully saturated rings. The van der Waals surface area contributed by atoms with Crippen molar-refractivity contribution in [2.45, 2.75) is 13.8 Å². The van der Waals surface area contributed by atoms with Gasteiger partial charge in [-0.2, -0.15) is 0 Å². The van der Waals surface area contributed by atoms with Crippen LogP contribution in [0.2, 0.25) is 0 Å². The summed E-state index contributed by atoms with van der Waals surface area (Å²) < 4.78 is 5.26. The first-order valence-corrected chi connectivity index (χ1v) is 5.06. The number of nitro groups is 1. The van der Waals surface area contributed by atoms with E-state index in [4.69, 9.17) is 9.84 Å². The number of rotatable bonds is 5. The van der Waals surface area contributed by atoms with Crippen LogP contribution < -0.4 is 4.74 Å². The quantitative estimate of drug-likeness (QED) is 0.629. The van der Waals surface area contributed by atoms with E-state index in [0.29, 0.717) is 6.61 Å². The number of carbonyl (C=O) groups is 1. The Labute approximate surface area is 98.0 Å². The summed E-state index contributed by atoms with van der Waals surface area (Å²) in [6, 6.07) is 3.59. The molecule has 0 heterocycles. The minimum absolute atomic E-state index is 0.0914. The molecule has 0 spiro atoms. The van der Waals surface area contributed by atoms with Crippen molar-refractivity contribution in [3.05, 3.63) is 33.9 Å². The zero-order valence-corrected chi connectivity index (χ0v) is 9.54. The third-order valence-corrected chi connectivity index (χ3v) is 1.97. The molecule has 0 bridgehead atoms. The average Bonchev–Trinajstić information content (AvgIpc) is 2.25. The maximum atomic E-state index is 10.8. The molecule has 1 aromatic carbocycles. The summed E-state index contributed by atoms with van der Waals surface area (Å²) in [6.45, 7) is 4.17. The van der Waals surface area contributed by atoms with Crippen molar-refractivity contribution in [3.63, 3.8) is 0 Å². The first-order valence-electron chi connectivity index (χ1n) is 5.06. The number of benzene rings is 1. The van der Waals surface area contributed by atoms with Gasteiger partial charge in [0.05, 0.1) is 17.1 Å². The molecule has 1 N–H and O–H groups in total. The lowest BCUT2D eigenvalue weighted by Crippen LogP contribution is -2.07. The highest BCUT2D eigenvalue weighted by molar-refractivity contribution is 5.88. The first-order chi connectivity index (χ1) is 7.91. The molecule has 6 heteroatoms. The van der Waals surface area contributed by atoms with Gasteiger partial charge in [0.1, 0.15) is 0 Å². The van der Waals surface area contributed by atoms with Crippen LogP contribution in [-0.2, 0) is 0 Å². The fourth-order valence-corrected chi connectivity index (χ4v) is 1.17. The van der Waals surface area contributed by atoms with Gasteiger partial charge < -0.3 is 9.84 Å². The van der Waals surface area contributed by atoms with Crippen LogP contribution in [0.5, 0.6) is 5.75 Å². The van der Waals surface area contributed by atoms with Gasteiger partial charge in [-0.15, -0.1) is 0 Å². The van der Waals surface area contributed by atoms with E-state index < -0.39 is 10.9 Å². The smallest absolute Gasteiger partial charge is 0.335 e. The third-order valence-electron chi connectivity index (χ3n) is 1.97. The highest BCUT2D eigenvalue weighted by Gasteiger charge is 2.18. The van der Waals surface area contributed by atoms with E-state index in [-0.39, 0.29) is 22.9 Å². The van der Waals surface area contributed by atoms with Gasteiger partial charge in [-0.05, 0) is 18.1 Å². The van der Waals surface area contributed by atoms with Crippen molar-refractivity contribution >= 4 is 11.7 Å². The van der Waals surface area contributed by atoms with Crippen molar-refractivity contribution in [1.82, 2.24) is 0 Å². The molecule has 0 atom stereocenters. The van der Waals surface area contributed by atoms with Gasteiger partial charge in [0.2, 0.25) is 0 Å². The van der Waals surface area contributed by atoms with E-state index in [0.717, 1.165) is 6.07 Å². The van der Waals surface area contributed by atoms with Gasteiger partial charge in [0.25, 0.3) is 0 Å². The summed E-state index contributed by atoms with van der Waals surface area (Å²) in [7, 11) is 0. The Morgan fingerprint density at radius 3 is 2.65 bits per heavy atom. The van der Waals surface area contributed by atoms with Crippen LogP contribution in [0.1, 0.15) is 24.2 Å². The SMILES string of the molecule is CC(C)COc1ccc(C(=O)O)cc1[N+](=O)[O-]. The van der Waals surface area contributed by atoms with Gasteiger partial charge in [-0.1, -0.05) is 13.8 Å². The Hall–Kier alpha value is -2.11. The second-order valence-corrected chi connectivity index (χ2v) is 3.95. The first kappa shape index (κ1) is 13.0. The number of nitro benzene ring substituents is 1. The highest BCUT2D eigenvalue weighted by atomic mass is 16.6. The summed E-state index contributed by atoms with van der Waals surface area (Å²) in [5.41, 5.74) is -0.459. The molecule has 0 saturated carbocycles. The minimum Gasteiger partial charge on any atom is -0.487 e. The number of ether oxygens (including phenoxy) is 1. The molecule has 1 rings (SSSR count). The number of carboxylic acids is 1. The van der Waals surface area contributed by atoms with Crippen LogP contribution in [0.25, 0.3) is 0 Å². The van der Waals surface area contributed by atoms with Crippen LogP contribution in [0, 0.1) is 16.0 Å². The Kier molecular flexibility index (Phi) is 4.03. The van der Waals surface area contributed by atoms with Crippen LogP contribution in [-0.4, -0.2) is 22.6 Å². The van der Waals surface area contributed by atoms with Crippen molar-refractivity contribution in [1.29, 1.82) is 0 Å². The predicted octanol–water partition coefficient (Wildman–Crippen LogP) is 2.33. The summed E-state index contributed by atoms with van der Waals surface area (Å²) in [4.78, 5) is 20.8. The predicted molar refractivity (Wildman–Crippen MR) is 60.4 cm³/mol. The van der Waals surface area contributed by atoms with Gasteiger partial charge in [-0.3, -0.25) is 10.1 Å². The topological polar surface area (TPSA) is 89.7 Å². The van der Waals surface area contributed by atoms with Crippen molar-refractivity contribution in [3.8, 4) is 5.75 Å². The lowest BCUT2D eigenvalue weighted by molar-refractivity contribution is -0.385. The maximum absolute atomic E-state index is 10.8.